The van der Waals surface area contributed by atoms with Crippen molar-refractivity contribution in [2.45, 2.75) is 25.8 Å². The Bertz CT molecular complexity index is 775. The third-order valence-electron chi connectivity index (χ3n) is 3.89. The van der Waals surface area contributed by atoms with Crippen molar-refractivity contribution in [1.29, 1.82) is 0 Å². The first kappa shape index (κ1) is 19.9. The molecule has 0 bridgehead atoms. The lowest BCUT2D eigenvalue weighted by Crippen LogP contribution is -2.29. The molecule has 0 atom stereocenters. The lowest BCUT2D eigenvalue weighted by Gasteiger charge is -2.27. The van der Waals surface area contributed by atoms with E-state index in [1.165, 1.54) is 20.0 Å². The molecule has 0 heterocycles. The second-order valence-corrected chi connectivity index (χ2v) is 5.89. The van der Waals surface area contributed by atoms with Gasteiger partial charge in [-0.2, -0.15) is 26.3 Å². The van der Waals surface area contributed by atoms with E-state index in [9.17, 15) is 26.3 Å². The summed E-state index contributed by atoms with van der Waals surface area (Å²) in [6.45, 7) is 1.16. The Hall–Kier alpha value is -2.44. The summed E-state index contributed by atoms with van der Waals surface area (Å²) in [6, 6.07) is 12.4. The van der Waals surface area contributed by atoms with Gasteiger partial charge in [-0.05, 0) is 35.8 Å². The quantitative estimate of drug-likeness (QED) is 0.583. The third-order valence-corrected chi connectivity index (χ3v) is 3.89. The molecule has 0 unspecified atom stereocenters. The van der Waals surface area contributed by atoms with Crippen LogP contribution in [0.15, 0.2) is 60.3 Å². The monoisotopic (exact) mass is 373 g/mol. The number of hydrogen-bond donors (Lipinski definition) is 0. The number of hydrogen-bond acceptors (Lipinski definition) is 1. The van der Waals surface area contributed by atoms with Crippen LogP contribution in [0.4, 0.5) is 26.3 Å². The van der Waals surface area contributed by atoms with Crippen molar-refractivity contribution in [2.24, 2.45) is 0 Å². The van der Waals surface area contributed by atoms with E-state index in [0.717, 1.165) is 23.1 Å². The van der Waals surface area contributed by atoms with Crippen molar-refractivity contribution in [3.8, 4) is 0 Å². The molecule has 0 saturated heterocycles. The van der Waals surface area contributed by atoms with Crippen LogP contribution < -0.4 is 0 Å². The van der Waals surface area contributed by atoms with Gasteiger partial charge in [-0.25, -0.2) is 0 Å². The van der Waals surface area contributed by atoms with Gasteiger partial charge in [-0.3, -0.25) is 0 Å². The highest BCUT2D eigenvalue weighted by Crippen LogP contribution is 2.37. The average molecular weight is 373 g/mol. The SMILES string of the molecule is C/C(=C(\N(C)Cc1ccccc1)C(F)(F)F)c1cccc(C(F)(F)F)c1. The Kier molecular flexibility index (Phi) is 5.68. The molecular weight excluding hydrogens is 356 g/mol. The molecule has 0 aliphatic carbocycles. The molecule has 0 amide bonds. The topological polar surface area (TPSA) is 3.24 Å². The fourth-order valence-corrected chi connectivity index (χ4v) is 2.72. The summed E-state index contributed by atoms with van der Waals surface area (Å²) in [5.41, 5.74) is -1.68. The van der Waals surface area contributed by atoms with E-state index in [4.69, 9.17) is 0 Å². The van der Waals surface area contributed by atoms with Crippen molar-refractivity contribution >= 4 is 5.57 Å². The van der Waals surface area contributed by atoms with E-state index >= 15 is 0 Å². The molecule has 2 aromatic rings. The smallest absolute Gasteiger partial charge is 0.366 e. The average Bonchev–Trinajstić information content (AvgIpc) is 2.54. The van der Waals surface area contributed by atoms with Gasteiger partial charge >= 0.3 is 12.4 Å². The van der Waals surface area contributed by atoms with Crippen LogP contribution in [0.25, 0.3) is 5.57 Å². The molecule has 0 radical (unpaired) electrons. The highest BCUT2D eigenvalue weighted by Gasteiger charge is 2.39. The maximum Gasteiger partial charge on any atom is 0.431 e. The standard InChI is InChI=1S/C19H17F6N/c1-13(15-9-6-10-16(11-15)18(20,21)22)17(19(23,24)25)26(2)12-14-7-4-3-5-8-14/h3-11H,12H2,1-2H3/b17-13+. The predicted molar refractivity (Wildman–Crippen MR) is 88.0 cm³/mol. The number of nitrogens with zero attached hydrogens (tertiary/aromatic N) is 1. The van der Waals surface area contributed by atoms with E-state index < -0.39 is 23.6 Å². The van der Waals surface area contributed by atoms with Crippen LogP contribution in [-0.4, -0.2) is 18.1 Å². The summed E-state index contributed by atoms with van der Waals surface area (Å²) in [5.74, 6) is 0. The summed E-state index contributed by atoms with van der Waals surface area (Å²) in [7, 11) is 1.27. The molecule has 0 spiro atoms. The summed E-state index contributed by atoms with van der Waals surface area (Å²) in [6.07, 6.45) is -9.33. The minimum absolute atomic E-state index is 0.0218. The van der Waals surface area contributed by atoms with Crippen molar-refractivity contribution in [3.05, 3.63) is 77.0 Å². The molecule has 0 saturated carbocycles. The van der Waals surface area contributed by atoms with Gasteiger partial charge in [-0.15, -0.1) is 0 Å². The van der Waals surface area contributed by atoms with Gasteiger partial charge in [0.1, 0.15) is 5.70 Å². The molecule has 140 valence electrons. The van der Waals surface area contributed by atoms with Gasteiger partial charge in [0.05, 0.1) is 5.56 Å². The molecule has 0 aliphatic rings. The lowest BCUT2D eigenvalue weighted by atomic mass is 10.0. The molecule has 0 aromatic heterocycles. The van der Waals surface area contributed by atoms with Crippen molar-refractivity contribution in [2.75, 3.05) is 7.05 Å². The lowest BCUT2D eigenvalue weighted by molar-refractivity contribution is -0.137. The Balaban J connectivity index is 2.48. The van der Waals surface area contributed by atoms with E-state index in [1.54, 1.807) is 30.3 Å². The second kappa shape index (κ2) is 7.43. The molecule has 2 rings (SSSR count). The Morgan fingerprint density at radius 2 is 1.50 bits per heavy atom. The van der Waals surface area contributed by atoms with Crippen molar-refractivity contribution in [3.63, 3.8) is 0 Å². The van der Waals surface area contributed by atoms with Crippen molar-refractivity contribution in [1.82, 2.24) is 4.90 Å². The minimum atomic E-state index is -4.71. The first-order chi connectivity index (χ1) is 12.0. The van der Waals surface area contributed by atoms with Gasteiger partial charge in [-0.1, -0.05) is 42.5 Å². The van der Waals surface area contributed by atoms with Crippen LogP contribution in [-0.2, 0) is 12.7 Å². The third kappa shape index (κ3) is 4.80. The number of benzene rings is 2. The zero-order chi connectivity index (χ0) is 19.5. The Morgan fingerprint density at radius 1 is 0.885 bits per heavy atom. The van der Waals surface area contributed by atoms with Crippen LogP contribution in [0, 0.1) is 0 Å². The van der Waals surface area contributed by atoms with Gasteiger partial charge in [0.15, 0.2) is 0 Å². The van der Waals surface area contributed by atoms with Crippen LogP contribution >= 0.6 is 0 Å². The number of allylic oxidation sites excluding steroid dienone is 2. The first-order valence-corrected chi connectivity index (χ1v) is 7.71. The first-order valence-electron chi connectivity index (χ1n) is 7.71. The van der Waals surface area contributed by atoms with Gasteiger partial charge in [0.25, 0.3) is 0 Å². The summed E-state index contributed by atoms with van der Waals surface area (Å²) in [4.78, 5) is 1.00. The molecule has 0 fully saturated rings. The molecule has 0 aliphatic heterocycles. The summed E-state index contributed by atoms with van der Waals surface area (Å²) in [5, 5.41) is 0. The molecule has 2 aromatic carbocycles. The molecule has 1 nitrogen and oxygen atoms in total. The Morgan fingerprint density at radius 3 is 2.04 bits per heavy atom. The van der Waals surface area contributed by atoms with Crippen LogP contribution in [0.3, 0.4) is 0 Å². The second-order valence-electron chi connectivity index (χ2n) is 5.89. The molecule has 7 heteroatoms. The van der Waals surface area contributed by atoms with Crippen LogP contribution in [0.2, 0.25) is 0 Å². The predicted octanol–water partition coefficient (Wildman–Crippen LogP) is 6.13. The normalized spacial score (nSPS) is 13.4. The molecule has 0 N–H and O–H groups in total. The zero-order valence-corrected chi connectivity index (χ0v) is 14.1. The number of alkyl halides is 6. The van der Waals surface area contributed by atoms with E-state index in [1.807, 2.05) is 0 Å². The van der Waals surface area contributed by atoms with E-state index in [-0.39, 0.29) is 17.7 Å². The fourth-order valence-electron chi connectivity index (χ4n) is 2.72. The highest BCUT2D eigenvalue weighted by atomic mass is 19.4. The van der Waals surface area contributed by atoms with E-state index in [2.05, 4.69) is 0 Å². The van der Waals surface area contributed by atoms with Crippen molar-refractivity contribution < 1.29 is 26.3 Å². The zero-order valence-electron chi connectivity index (χ0n) is 14.1. The largest absolute Gasteiger partial charge is 0.431 e. The maximum absolute atomic E-state index is 13.6. The minimum Gasteiger partial charge on any atom is -0.366 e. The maximum atomic E-state index is 13.6. The highest BCUT2D eigenvalue weighted by molar-refractivity contribution is 5.68. The number of halogens is 6. The Labute approximate surface area is 147 Å². The van der Waals surface area contributed by atoms with Gasteiger partial charge < -0.3 is 4.90 Å². The van der Waals surface area contributed by atoms with E-state index in [0.29, 0.717) is 5.56 Å². The van der Waals surface area contributed by atoms with Crippen LogP contribution in [0.1, 0.15) is 23.6 Å². The van der Waals surface area contributed by atoms with Gasteiger partial charge in [0, 0.05) is 13.6 Å². The molecule has 26 heavy (non-hydrogen) atoms. The fraction of sp³-hybridized carbons (Fsp3) is 0.263. The molecular formula is C19H17F6N. The number of rotatable bonds is 4. The summed E-state index contributed by atoms with van der Waals surface area (Å²) < 4.78 is 79.5. The summed E-state index contributed by atoms with van der Waals surface area (Å²) >= 11 is 0. The van der Waals surface area contributed by atoms with Gasteiger partial charge in [0.2, 0.25) is 0 Å². The van der Waals surface area contributed by atoms with Crippen LogP contribution in [0.5, 0.6) is 0 Å².